The molecule has 1 saturated heterocycles. The third kappa shape index (κ3) is 2.53. The van der Waals surface area contributed by atoms with Crippen LogP contribution < -0.4 is 16.4 Å². The molecule has 1 fully saturated rings. The fraction of sp³-hybridized carbons (Fsp3) is 0.385. The van der Waals surface area contributed by atoms with Crippen LogP contribution in [-0.4, -0.2) is 32.1 Å². The summed E-state index contributed by atoms with van der Waals surface area (Å²) in [6.07, 6.45) is 0.415. The fourth-order valence-electron chi connectivity index (χ4n) is 2.19. The summed E-state index contributed by atoms with van der Waals surface area (Å²) in [6, 6.07) is 4.76. The van der Waals surface area contributed by atoms with Crippen LogP contribution in [0.2, 0.25) is 0 Å². The standard InChI is InChI=1S/C13H17N3O3/c1-19-13(18)9-2-3-10(15)11(5-9)16-7-8(6-14)4-12(16)17/h2-3,5,8H,4,6-7,14-15H2,1H3. The smallest absolute Gasteiger partial charge is 0.337 e. The highest BCUT2D eigenvalue weighted by molar-refractivity contribution is 6.00. The molecule has 1 heterocycles. The molecule has 1 atom stereocenters. The lowest BCUT2D eigenvalue weighted by Gasteiger charge is -2.19. The molecule has 1 aliphatic heterocycles. The number of benzene rings is 1. The average Bonchev–Trinajstić information content (AvgIpc) is 2.79. The minimum absolute atomic E-state index is 0.0239. The van der Waals surface area contributed by atoms with E-state index in [1.807, 2.05) is 0 Å². The van der Waals surface area contributed by atoms with Crippen molar-refractivity contribution in [2.75, 3.05) is 30.8 Å². The molecule has 102 valence electrons. The number of nitrogen functional groups attached to an aromatic ring is 1. The zero-order valence-electron chi connectivity index (χ0n) is 10.8. The summed E-state index contributed by atoms with van der Waals surface area (Å²) in [5.41, 5.74) is 12.8. The number of methoxy groups -OCH3 is 1. The molecule has 0 aliphatic carbocycles. The Morgan fingerprint density at radius 3 is 2.84 bits per heavy atom. The van der Waals surface area contributed by atoms with Crippen molar-refractivity contribution in [1.29, 1.82) is 0 Å². The van der Waals surface area contributed by atoms with Crippen LogP contribution in [0.3, 0.4) is 0 Å². The summed E-state index contributed by atoms with van der Waals surface area (Å²) in [6.45, 7) is 0.989. The van der Waals surface area contributed by atoms with Crippen molar-refractivity contribution >= 4 is 23.3 Å². The van der Waals surface area contributed by atoms with Crippen LogP contribution in [0.15, 0.2) is 18.2 Å². The fourth-order valence-corrected chi connectivity index (χ4v) is 2.19. The van der Waals surface area contributed by atoms with Crippen LogP contribution in [0.5, 0.6) is 0 Å². The molecular formula is C13H17N3O3. The van der Waals surface area contributed by atoms with Crippen molar-refractivity contribution in [3.8, 4) is 0 Å². The normalized spacial score (nSPS) is 18.7. The zero-order valence-corrected chi connectivity index (χ0v) is 10.8. The number of ether oxygens (including phenoxy) is 1. The number of esters is 1. The quantitative estimate of drug-likeness (QED) is 0.606. The molecule has 19 heavy (non-hydrogen) atoms. The minimum atomic E-state index is -0.455. The van der Waals surface area contributed by atoms with Gasteiger partial charge in [0, 0.05) is 13.0 Å². The number of nitrogens with two attached hydrogens (primary N) is 2. The highest BCUT2D eigenvalue weighted by Gasteiger charge is 2.31. The number of hydrogen-bond acceptors (Lipinski definition) is 5. The average molecular weight is 263 g/mol. The van der Waals surface area contributed by atoms with Gasteiger partial charge < -0.3 is 21.1 Å². The lowest BCUT2D eigenvalue weighted by Crippen LogP contribution is -2.26. The number of carbonyl (C=O) groups is 2. The predicted molar refractivity (Wildman–Crippen MR) is 71.7 cm³/mol. The van der Waals surface area contributed by atoms with Crippen molar-refractivity contribution in [3.63, 3.8) is 0 Å². The van der Waals surface area contributed by atoms with E-state index in [1.54, 1.807) is 23.1 Å². The SMILES string of the molecule is COC(=O)c1ccc(N)c(N2CC(CN)CC2=O)c1. The van der Waals surface area contributed by atoms with Crippen LogP contribution in [0.1, 0.15) is 16.8 Å². The van der Waals surface area contributed by atoms with Gasteiger partial charge in [0.15, 0.2) is 0 Å². The van der Waals surface area contributed by atoms with E-state index in [0.717, 1.165) is 0 Å². The summed E-state index contributed by atoms with van der Waals surface area (Å²) in [5, 5.41) is 0. The predicted octanol–water partition coefficient (Wildman–Crippen LogP) is 0.367. The van der Waals surface area contributed by atoms with Gasteiger partial charge in [-0.15, -0.1) is 0 Å². The van der Waals surface area contributed by atoms with Crippen LogP contribution in [-0.2, 0) is 9.53 Å². The molecule has 1 unspecified atom stereocenters. The molecule has 6 heteroatoms. The van der Waals surface area contributed by atoms with Gasteiger partial charge in [0.05, 0.1) is 24.0 Å². The number of hydrogen-bond donors (Lipinski definition) is 2. The summed E-state index contributed by atoms with van der Waals surface area (Å²) in [4.78, 5) is 25.0. The summed E-state index contributed by atoms with van der Waals surface area (Å²) in [5.74, 6) is -0.346. The Hall–Kier alpha value is -2.08. The van der Waals surface area contributed by atoms with Crippen LogP contribution in [0.4, 0.5) is 11.4 Å². The van der Waals surface area contributed by atoms with E-state index in [0.29, 0.717) is 36.4 Å². The molecular weight excluding hydrogens is 246 g/mol. The van der Waals surface area contributed by atoms with E-state index < -0.39 is 5.97 Å². The van der Waals surface area contributed by atoms with E-state index >= 15 is 0 Å². The van der Waals surface area contributed by atoms with Crippen LogP contribution in [0.25, 0.3) is 0 Å². The number of nitrogens with zero attached hydrogens (tertiary/aromatic N) is 1. The van der Waals surface area contributed by atoms with Gasteiger partial charge in [0.2, 0.25) is 5.91 Å². The second-order valence-corrected chi connectivity index (χ2v) is 4.58. The molecule has 1 aromatic rings. The summed E-state index contributed by atoms with van der Waals surface area (Å²) < 4.78 is 4.66. The first-order valence-electron chi connectivity index (χ1n) is 6.05. The first-order chi connectivity index (χ1) is 9.06. The van der Waals surface area contributed by atoms with Gasteiger partial charge in [0.25, 0.3) is 0 Å². The number of rotatable bonds is 3. The largest absolute Gasteiger partial charge is 0.465 e. The van der Waals surface area contributed by atoms with Crippen LogP contribution >= 0.6 is 0 Å². The molecule has 0 bridgehead atoms. The molecule has 2 rings (SSSR count). The van der Waals surface area contributed by atoms with Crippen molar-refractivity contribution in [2.24, 2.45) is 11.7 Å². The van der Waals surface area contributed by atoms with Gasteiger partial charge in [-0.25, -0.2) is 4.79 Å². The molecule has 1 aromatic carbocycles. The van der Waals surface area contributed by atoms with Crippen LogP contribution in [0, 0.1) is 5.92 Å². The Morgan fingerprint density at radius 1 is 1.53 bits per heavy atom. The monoisotopic (exact) mass is 263 g/mol. The second kappa shape index (κ2) is 5.27. The Balaban J connectivity index is 2.34. The zero-order chi connectivity index (χ0) is 14.0. The molecule has 0 radical (unpaired) electrons. The van der Waals surface area contributed by atoms with Gasteiger partial charge >= 0.3 is 5.97 Å². The molecule has 6 nitrogen and oxygen atoms in total. The second-order valence-electron chi connectivity index (χ2n) is 4.58. The third-order valence-electron chi connectivity index (χ3n) is 3.28. The van der Waals surface area contributed by atoms with Gasteiger partial charge in [-0.2, -0.15) is 0 Å². The molecule has 0 saturated carbocycles. The third-order valence-corrected chi connectivity index (χ3v) is 3.28. The lowest BCUT2D eigenvalue weighted by molar-refractivity contribution is -0.117. The Bertz CT molecular complexity index is 516. The van der Waals surface area contributed by atoms with Gasteiger partial charge in [0.1, 0.15) is 0 Å². The summed E-state index contributed by atoms with van der Waals surface area (Å²) in [7, 11) is 1.31. The Kier molecular flexibility index (Phi) is 3.71. The van der Waals surface area contributed by atoms with E-state index in [4.69, 9.17) is 11.5 Å². The van der Waals surface area contributed by atoms with Gasteiger partial charge in [-0.3, -0.25) is 4.79 Å². The summed E-state index contributed by atoms with van der Waals surface area (Å²) >= 11 is 0. The molecule has 0 spiro atoms. The first-order valence-corrected chi connectivity index (χ1v) is 6.05. The van der Waals surface area contributed by atoms with Crippen molar-refractivity contribution < 1.29 is 14.3 Å². The highest BCUT2D eigenvalue weighted by atomic mass is 16.5. The maximum absolute atomic E-state index is 11.9. The molecule has 0 aromatic heterocycles. The number of anilines is 2. The van der Waals surface area contributed by atoms with E-state index in [9.17, 15) is 9.59 Å². The lowest BCUT2D eigenvalue weighted by atomic mass is 10.1. The molecule has 4 N–H and O–H groups in total. The Labute approximate surface area is 111 Å². The highest BCUT2D eigenvalue weighted by Crippen LogP contribution is 2.30. The van der Waals surface area contributed by atoms with E-state index in [-0.39, 0.29) is 11.8 Å². The van der Waals surface area contributed by atoms with Crippen molar-refractivity contribution in [3.05, 3.63) is 23.8 Å². The maximum atomic E-state index is 11.9. The minimum Gasteiger partial charge on any atom is -0.465 e. The maximum Gasteiger partial charge on any atom is 0.337 e. The first kappa shape index (κ1) is 13.4. The number of amides is 1. The molecule has 1 amide bonds. The van der Waals surface area contributed by atoms with E-state index in [2.05, 4.69) is 4.74 Å². The number of carbonyl (C=O) groups excluding carboxylic acids is 2. The van der Waals surface area contributed by atoms with Crippen molar-refractivity contribution in [1.82, 2.24) is 0 Å². The van der Waals surface area contributed by atoms with Gasteiger partial charge in [-0.1, -0.05) is 0 Å². The van der Waals surface area contributed by atoms with E-state index in [1.165, 1.54) is 7.11 Å². The van der Waals surface area contributed by atoms with Gasteiger partial charge in [-0.05, 0) is 30.7 Å². The molecule has 1 aliphatic rings. The Morgan fingerprint density at radius 2 is 2.26 bits per heavy atom. The van der Waals surface area contributed by atoms with Crippen molar-refractivity contribution in [2.45, 2.75) is 6.42 Å². The topological polar surface area (TPSA) is 98.7 Å².